The molecule has 0 bridgehead atoms. The van der Waals surface area contributed by atoms with Crippen LogP contribution >= 0.6 is 34.8 Å². The zero-order chi connectivity index (χ0) is 19.8. The molecule has 1 N–H and O–H groups in total. The standard InChI is InChI=1S/C19H18Cl3F3O/c1-17(2,13-4-6-14(20)7-5-13)11-18(26,19(23,24)25)10-12-3-8-15(21)16(22)9-12/h3-9,26H,10-11H2,1-2H3. The first-order valence-corrected chi connectivity index (χ1v) is 8.97. The van der Waals surface area contributed by atoms with E-state index in [1.807, 2.05) is 0 Å². The molecular weight excluding hydrogens is 408 g/mol. The molecule has 0 aliphatic carbocycles. The van der Waals surface area contributed by atoms with Gasteiger partial charge in [0.2, 0.25) is 0 Å². The van der Waals surface area contributed by atoms with Crippen LogP contribution in [0.15, 0.2) is 42.5 Å². The number of rotatable bonds is 5. The first-order valence-electron chi connectivity index (χ1n) is 7.83. The van der Waals surface area contributed by atoms with E-state index in [2.05, 4.69) is 0 Å². The van der Waals surface area contributed by atoms with Crippen molar-refractivity contribution in [2.75, 3.05) is 0 Å². The third-order valence-electron chi connectivity index (χ3n) is 4.37. The van der Waals surface area contributed by atoms with Gasteiger partial charge in [0.1, 0.15) is 0 Å². The van der Waals surface area contributed by atoms with Crippen LogP contribution in [0, 0.1) is 0 Å². The molecule has 0 heterocycles. The Kier molecular flexibility index (Phi) is 6.23. The van der Waals surface area contributed by atoms with E-state index in [4.69, 9.17) is 34.8 Å². The van der Waals surface area contributed by atoms with Gasteiger partial charge >= 0.3 is 6.18 Å². The normalized spacial score (nSPS) is 15.0. The summed E-state index contributed by atoms with van der Waals surface area (Å²) in [5.41, 5.74) is -2.96. The minimum absolute atomic E-state index is 0.144. The summed E-state index contributed by atoms with van der Waals surface area (Å²) in [6.45, 7) is 3.31. The maximum absolute atomic E-state index is 13.7. The molecule has 0 aromatic heterocycles. The van der Waals surface area contributed by atoms with Gasteiger partial charge in [-0.1, -0.05) is 66.8 Å². The van der Waals surface area contributed by atoms with E-state index in [-0.39, 0.29) is 15.6 Å². The maximum atomic E-state index is 13.7. The molecule has 0 spiro atoms. The van der Waals surface area contributed by atoms with Crippen LogP contribution in [0.5, 0.6) is 0 Å². The third kappa shape index (κ3) is 4.86. The quantitative estimate of drug-likeness (QED) is 0.555. The van der Waals surface area contributed by atoms with E-state index >= 15 is 0 Å². The lowest BCUT2D eigenvalue weighted by Crippen LogP contribution is -2.50. The van der Waals surface area contributed by atoms with E-state index in [1.54, 1.807) is 38.1 Å². The Morgan fingerprint density at radius 1 is 0.885 bits per heavy atom. The molecule has 0 saturated heterocycles. The summed E-state index contributed by atoms with van der Waals surface area (Å²) in [7, 11) is 0. The van der Waals surface area contributed by atoms with Crippen LogP contribution in [0.2, 0.25) is 15.1 Å². The van der Waals surface area contributed by atoms with Gasteiger partial charge in [-0.2, -0.15) is 13.2 Å². The van der Waals surface area contributed by atoms with Crippen molar-refractivity contribution >= 4 is 34.8 Å². The molecule has 0 aliphatic heterocycles. The van der Waals surface area contributed by atoms with E-state index in [9.17, 15) is 18.3 Å². The highest BCUT2D eigenvalue weighted by molar-refractivity contribution is 6.42. The van der Waals surface area contributed by atoms with Gasteiger partial charge in [0.25, 0.3) is 0 Å². The SMILES string of the molecule is CC(C)(CC(O)(Cc1ccc(Cl)c(Cl)c1)C(F)(F)F)c1ccc(Cl)cc1. The molecule has 0 saturated carbocycles. The summed E-state index contributed by atoms with van der Waals surface area (Å²) in [4.78, 5) is 0. The van der Waals surface area contributed by atoms with Crippen LogP contribution in [0.1, 0.15) is 31.4 Å². The molecule has 0 amide bonds. The lowest BCUT2D eigenvalue weighted by atomic mass is 9.73. The molecule has 26 heavy (non-hydrogen) atoms. The highest BCUT2D eigenvalue weighted by atomic mass is 35.5. The fraction of sp³-hybridized carbons (Fsp3) is 0.368. The van der Waals surface area contributed by atoms with Gasteiger partial charge in [-0.3, -0.25) is 0 Å². The predicted molar refractivity (Wildman–Crippen MR) is 100 cm³/mol. The number of halogens is 6. The van der Waals surface area contributed by atoms with Crippen LogP contribution in [0.4, 0.5) is 13.2 Å². The van der Waals surface area contributed by atoms with Crippen LogP contribution in [0.25, 0.3) is 0 Å². The highest BCUT2D eigenvalue weighted by Crippen LogP contribution is 2.43. The van der Waals surface area contributed by atoms with E-state index in [1.165, 1.54) is 18.2 Å². The van der Waals surface area contributed by atoms with Gasteiger partial charge in [-0.15, -0.1) is 0 Å². The van der Waals surface area contributed by atoms with Crippen molar-refractivity contribution in [3.63, 3.8) is 0 Å². The monoisotopic (exact) mass is 424 g/mol. The molecule has 2 aromatic carbocycles. The van der Waals surface area contributed by atoms with E-state index in [0.717, 1.165) is 0 Å². The summed E-state index contributed by atoms with van der Waals surface area (Å²) in [6, 6.07) is 10.8. The number of benzene rings is 2. The molecule has 1 unspecified atom stereocenters. The fourth-order valence-electron chi connectivity index (χ4n) is 2.98. The highest BCUT2D eigenvalue weighted by Gasteiger charge is 2.55. The summed E-state index contributed by atoms with van der Waals surface area (Å²) < 4.78 is 41.2. The van der Waals surface area contributed by atoms with Crippen LogP contribution < -0.4 is 0 Å². The van der Waals surface area contributed by atoms with Crippen molar-refractivity contribution in [3.8, 4) is 0 Å². The Balaban J connectivity index is 2.36. The summed E-state index contributed by atoms with van der Waals surface area (Å²) >= 11 is 17.6. The first-order chi connectivity index (χ1) is 11.8. The second-order valence-electron chi connectivity index (χ2n) is 7.02. The van der Waals surface area contributed by atoms with E-state index < -0.39 is 30.0 Å². The molecule has 0 fully saturated rings. The second-order valence-corrected chi connectivity index (χ2v) is 8.27. The Hall–Kier alpha value is -0.940. The third-order valence-corrected chi connectivity index (χ3v) is 5.36. The predicted octanol–water partition coefficient (Wildman–Crippen LogP) is 6.85. The zero-order valence-electron chi connectivity index (χ0n) is 14.2. The van der Waals surface area contributed by atoms with Crippen LogP contribution in [-0.2, 0) is 11.8 Å². The van der Waals surface area contributed by atoms with Gasteiger partial charge in [0.05, 0.1) is 10.0 Å². The largest absolute Gasteiger partial charge is 0.417 e. The average Bonchev–Trinajstić information content (AvgIpc) is 2.50. The van der Waals surface area contributed by atoms with Crippen molar-refractivity contribution in [1.29, 1.82) is 0 Å². The molecular formula is C19H18Cl3F3O. The fourth-order valence-corrected chi connectivity index (χ4v) is 3.43. The number of hydrogen-bond acceptors (Lipinski definition) is 1. The van der Waals surface area contributed by atoms with Crippen molar-refractivity contribution in [1.82, 2.24) is 0 Å². The smallest absolute Gasteiger partial charge is 0.380 e. The Labute approximate surface area is 165 Å². The number of aliphatic hydroxyl groups is 1. The molecule has 142 valence electrons. The first kappa shape index (κ1) is 21.4. The minimum atomic E-state index is -4.82. The van der Waals surface area contributed by atoms with Gasteiger partial charge in [0, 0.05) is 11.4 Å². The lowest BCUT2D eigenvalue weighted by Gasteiger charge is -2.38. The van der Waals surface area contributed by atoms with Crippen molar-refractivity contribution in [2.24, 2.45) is 0 Å². The Morgan fingerprint density at radius 2 is 1.46 bits per heavy atom. The minimum Gasteiger partial charge on any atom is -0.380 e. The van der Waals surface area contributed by atoms with Gasteiger partial charge in [-0.05, 0) is 47.2 Å². The van der Waals surface area contributed by atoms with Gasteiger partial charge in [-0.25, -0.2) is 0 Å². The van der Waals surface area contributed by atoms with Crippen molar-refractivity contribution in [3.05, 3.63) is 68.7 Å². The summed E-state index contributed by atoms with van der Waals surface area (Å²) in [6.07, 6.45) is -5.96. The van der Waals surface area contributed by atoms with Crippen LogP contribution in [-0.4, -0.2) is 16.9 Å². The second kappa shape index (κ2) is 7.59. The number of alkyl halides is 3. The molecule has 2 rings (SSSR count). The molecule has 0 aliphatic rings. The molecule has 0 radical (unpaired) electrons. The Morgan fingerprint density at radius 3 is 1.96 bits per heavy atom. The summed E-state index contributed by atoms with van der Waals surface area (Å²) in [5, 5.41) is 11.5. The maximum Gasteiger partial charge on any atom is 0.417 e. The van der Waals surface area contributed by atoms with Gasteiger partial charge in [0.15, 0.2) is 5.60 Å². The van der Waals surface area contributed by atoms with Crippen molar-refractivity contribution in [2.45, 2.75) is 43.9 Å². The average molecular weight is 426 g/mol. The topological polar surface area (TPSA) is 20.2 Å². The lowest BCUT2D eigenvalue weighted by molar-refractivity contribution is -0.266. The molecule has 1 atom stereocenters. The number of hydrogen-bond donors (Lipinski definition) is 1. The van der Waals surface area contributed by atoms with Gasteiger partial charge < -0.3 is 5.11 Å². The van der Waals surface area contributed by atoms with Crippen molar-refractivity contribution < 1.29 is 18.3 Å². The zero-order valence-corrected chi connectivity index (χ0v) is 16.4. The molecule has 2 aromatic rings. The summed E-state index contributed by atoms with van der Waals surface area (Å²) in [5.74, 6) is 0. The Bertz CT molecular complexity index is 773. The van der Waals surface area contributed by atoms with E-state index in [0.29, 0.717) is 10.6 Å². The molecule has 1 nitrogen and oxygen atoms in total. The molecule has 7 heteroatoms. The van der Waals surface area contributed by atoms with Crippen LogP contribution in [0.3, 0.4) is 0 Å².